The topological polar surface area (TPSA) is 40.2 Å². The van der Waals surface area contributed by atoms with Gasteiger partial charge in [-0.05, 0) is 48.4 Å². The first-order valence-corrected chi connectivity index (χ1v) is 8.75. The molecule has 3 aromatic rings. The van der Waals surface area contributed by atoms with Crippen LogP contribution in [0.1, 0.15) is 22.4 Å². The van der Waals surface area contributed by atoms with E-state index in [1.807, 2.05) is 6.92 Å². The van der Waals surface area contributed by atoms with Crippen LogP contribution in [0, 0.1) is 6.92 Å². The van der Waals surface area contributed by atoms with Crippen LogP contribution in [0.5, 0.6) is 0 Å². The molecule has 0 spiro atoms. The maximum Gasteiger partial charge on any atom is 0.416 e. The van der Waals surface area contributed by atoms with Crippen LogP contribution in [-0.4, -0.2) is 23.9 Å². The summed E-state index contributed by atoms with van der Waals surface area (Å²) < 4.78 is 79.1. The lowest BCUT2D eigenvalue weighted by Crippen LogP contribution is -2.19. The Bertz CT molecular complexity index is 1100. The summed E-state index contributed by atoms with van der Waals surface area (Å²) >= 11 is 0. The molecule has 0 atom stereocenters. The fourth-order valence-electron chi connectivity index (χ4n) is 3.50. The van der Waals surface area contributed by atoms with Gasteiger partial charge in [-0.3, -0.25) is 4.99 Å². The Balaban J connectivity index is 0.00000256. The van der Waals surface area contributed by atoms with E-state index in [1.54, 1.807) is 12.1 Å². The van der Waals surface area contributed by atoms with Crippen molar-refractivity contribution >= 4 is 29.1 Å². The van der Waals surface area contributed by atoms with Crippen LogP contribution in [0.2, 0.25) is 0 Å². The standard InChI is InChI=1S/C20H15F6N3.ClH/c1-10-17(18-27-4-5-28-18)15-8-11(2-3-16(15)29-10)12-6-13(19(21,22)23)9-14(7-12)20(24,25)26;/h2-3,6-9,29H,4-5H2,1H3,(H,27,28);1H. The summed E-state index contributed by atoms with van der Waals surface area (Å²) in [6.45, 7) is 3.11. The number of aryl methyl sites for hydroxylation is 1. The quantitative estimate of drug-likeness (QED) is 0.468. The molecule has 1 aromatic heterocycles. The van der Waals surface area contributed by atoms with Crippen molar-refractivity contribution in [2.24, 2.45) is 4.99 Å². The summed E-state index contributed by atoms with van der Waals surface area (Å²) in [6.07, 6.45) is -9.78. The van der Waals surface area contributed by atoms with Gasteiger partial charge in [0.15, 0.2) is 0 Å². The Labute approximate surface area is 173 Å². The molecule has 0 saturated heterocycles. The van der Waals surface area contributed by atoms with E-state index in [9.17, 15) is 26.3 Å². The zero-order chi connectivity index (χ0) is 21.0. The summed E-state index contributed by atoms with van der Waals surface area (Å²) in [5.41, 5.74) is -0.272. The number of nitrogens with one attached hydrogen (secondary N) is 2. The monoisotopic (exact) mass is 447 g/mol. The van der Waals surface area contributed by atoms with Gasteiger partial charge < -0.3 is 10.3 Å². The van der Waals surface area contributed by atoms with E-state index in [-0.39, 0.29) is 29.6 Å². The van der Waals surface area contributed by atoms with Crippen LogP contribution in [0.3, 0.4) is 0 Å². The van der Waals surface area contributed by atoms with Crippen molar-refractivity contribution < 1.29 is 26.3 Å². The van der Waals surface area contributed by atoms with Gasteiger partial charge in [0.05, 0.1) is 17.7 Å². The van der Waals surface area contributed by atoms with Gasteiger partial charge in [0.1, 0.15) is 5.84 Å². The normalized spacial score (nSPS) is 14.4. The Kier molecular flexibility index (Phi) is 5.53. The van der Waals surface area contributed by atoms with Crippen LogP contribution >= 0.6 is 12.4 Å². The van der Waals surface area contributed by atoms with E-state index in [2.05, 4.69) is 15.3 Å². The molecular formula is C20H16ClF6N3. The lowest BCUT2D eigenvalue weighted by Gasteiger charge is -2.14. The number of aliphatic imine (C=N–C) groups is 1. The Morgan fingerprint density at radius 1 is 0.867 bits per heavy atom. The maximum absolute atomic E-state index is 13.2. The summed E-state index contributed by atoms with van der Waals surface area (Å²) in [4.78, 5) is 7.55. The highest BCUT2D eigenvalue weighted by atomic mass is 35.5. The number of rotatable bonds is 2. The molecule has 0 amide bonds. The molecule has 0 saturated carbocycles. The van der Waals surface area contributed by atoms with Gasteiger partial charge in [0.25, 0.3) is 0 Å². The van der Waals surface area contributed by atoms with Gasteiger partial charge in [-0.25, -0.2) is 0 Å². The van der Waals surface area contributed by atoms with Gasteiger partial charge in [-0.1, -0.05) is 6.07 Å². The molecule has 2 aromatic carbocycles. The largest absolute Gasteiger partial charge is 0.416 e. The van der Waals surface area contributed by atoms with Crippen molar-refractivity contribution in [2.45, 2.75) is 19.3 Å². The minimum absolute atomic E-state index is 0. The molecule has 160 valence electrons. The van der Waals surface area contributed by atoms with Gasteiger partial charge >= 0.3 is 12.4 Å². The second-order valence-electron chi connectivity index (χ2n) is 6.84. The predicted octanol–water partition coefficient (Wildman–Crippen LogP) is 5.95. The number of aromatic amines is 1. The number of H-pyrrole nitrogens is 1. The van der Waals surface area contributed by atoms with Crippen molar-refractivity contribution in [3.63, 3.8) is 0 Å². The molecule has 2 N–H and O–H groups in total. The van der Waals surface area contributed by atoms with Crippen molar-refractivity contribution in [2.75, 3.05) is 13.1 Å². The van der Waals surface area contributed by atoms with E-state index in [1.165, 1.54) is 6.07 Å². The van der Waals surface area contributed by atoms with Gasteiger partial charge in [0, 0.05) is 28.7 Å². The molecule has 2 heterocycles. The summed E-state index contributed by atoms with van der Waals surface area (Å²) in [5, 5.41) is 3.82. The fraction of sp³-hybridized carbons (Fsp3) is 0.250. The first-order chi connectivity index (χ1) is 13.5. The number of halogens is 7. The fourth-order valence-corrected chi connectivity index (χ4v) is 3.50. The average molecular weight is 448 g/mol. The van der Waals surface area contributed by atoms with Gasteiger partial charge in [-0.15, -0.1) is 12.4 Å². The second-order valence-corrected chi connectivity index (χ2v) is 6.84. The van der Waals surface area contributed by atoms with E-state index in [0.717, 1.165) is 28.9 Å². The third-order valence-corrected chi connectivity index (χ3v) is 4.82. The first kappa shape index (κ1) is 22.0. The Morgan fingerprint density at radius 3 is 2.03 bits per heavy atom. The highest BCUT2D eigenvalue weighted by molar-refractivity contribution is 6.12. The van der Waals surface area contributed by atoms with Crippen LogP contribution in [0.15, 0.2) is 41.4 Å². The SMILES string of the molecule is Cc1[nH]c2ccc(-c3cc(C(F)(F)F)cc(C(F)(F)F)c3)cc2c1C1=NCCN1.Cl. The molecule has 1 aliphatic heterocycles. The summed E-state index contributed by atoms with van der Waals surface area (Å²) in [6, 6.07) is 6.34. The molecule has 1 aliphatic rings. The third-order valence-electron chi connectivity index (χ3n) is 4.82. The van der Waals surface area contributed by atoms with E-state index < -0.39 is 23.5 Å². The molecule has 3 nitrogen and oxygen atoms in total. The van der Waals surface area contributed by atoms with Crippen LogP contribution in [0.4, 0.5) is 26.3 Å². The van der Waals surface area contributed by atoms with Crippen LogP contribution in [-0.2, 0) is 12.4 Å². The maximum atomic E-state index is 13.2. The second kappa shape index (κ2) is 7.54. The van der Waals surface area contributed by atoms with Crippen molar-refractivity contribution in [3.05, 3.63) is 58.8 Å². The van der Waals surface area contributed by atoms with Crippen LogP contribution in [0.25, 0.3) is 22.0 Å². The van der Waals surface area contributed by atoms with E-state index >= 15 is 0 Å². The minimum atomic E-state index is -4.89. The molecule has 0 aliphatic carbocycles. The van der Waals surface area contributed by atoms with Crippen molar-refractivity contribution in [3.8, 4) is 11.1 Å². The molecule has 0 unspecified atom stereocenters. The number of nitrogens with zero attached hydrogens (tertiary/aromatic N) is 1. The van der Waals surface area contributed by atoms with E-state index in [4.69, 9.17) is 0 Å². The number of fused-ring (bicyclic) bond motifs is 1. The molecule has 0 fully saturated rings. The smallest absolute Gasteiger partial charge is 0.368 e. The molecule has 30 heavy (non-hydrogen) atoms. The molecular weight excluding hydrogens is 432 g/mol. The lowest BCUT2D eigenvalue weighted by molar-refractivity contribution is -0.143. The van der Waals surface area contributed by atoms with E-state index in [0.29, 0.717) is 24.3 Å². The number of amidine groups is 1. The third kappa shape index (κ3) is 3.98. The average Bonchev–Trinajstić information content (AvgIpc) is 3.25. The number of hydrogen-bond donors (Lipinski definition) is 2. The molecule has 4 rings (SSSR count). The highest BCUT2D eigenvalue weighted by Crippen LogP contribution is 2.39. The molecule has 0 bridgehead atoms. The van der Waals surface area contributed by atoms with Gasteiger partial charge in [0.2, 0.25) is 0 Å². The van der Waals surface area contributed by atoms with Crippen molar-refractivity contribution in [1.82, 2.24) is 10.3 Å². The predicted molar refractivity (Wildman–Crippen MR) is 105 cm³/mol. The molecule has 0 radical (unpaired) electrons. The van der Waals surface area contributed by atoms with Crippen LogP contribution < -0.4 is 5.32 Å². The zero-order valence-corrected chi connectivity index (χ0v) is 16.3. The molecule has 10 heteroatoms. The number of hydrogen-bond acceptors (Lipinski definition) is 2. The van der Waals surface area contributed by atoms with Crippen molar-refractivity contribution in [1.29, 1.82) is 0 Å². The summed E-state index contributed by atoms with van der Waals surface area (Å²) in [7, 11) is 0. The minimum Gasteiger partial charge on any atom is -0.368 e. The number of alkyl halides is 6. The Hall–Kier alpha value is -2.68. The van der Waals surface area contributed by atoms with Gasteiger partial charge in [-0.2, -0.15) is 26.3 Å². The first-order valence-electron chi connectivity index (χ1n) is 8.75. The highest BCUT2D eigenvalue weighted by Gasteiger charge is 2.37. The number of aromatic nitrogens is 1. The Morgan fingerprint density at radius 2 is 1.50 bits per heavy atom. The summed E-state index contributed by atoms with van der Waals surface area (Å²) in [5.74, 6) is 0.658. The lowest BCUT2D eigenvalue weighted by atomic mass is 9.97. The number of benzene rings is 2. The zero-order valence-electron chi connectivity index (χ0n) is 15.5.